The molecule has 1 aliphatic heterocycles. The Labute approximate surface area is 121 Å². The van der Waals surface area contributed by atoms with Crippen molar-refractivity contribution in [1.29, 1.82) is 5.41 Å². The number of hydrogen-bond donors (Lipinski definition) is 2. The molecule has 5 nitrogen and oxygen atoms in total. The Morgan fingerprint density at radius 3 is 2.60 bits per heavy atom. The summed E-state index contributed by atoms with van der Waals surface area (Å²) in [6.07, 6.45) is 2.40. The number of anilines is 1. The standard InChI is InChI=1S/C15H25N5/c1-11-8-13(15(16)17)9-14(18-11)20-6-4-12(5-7-20)10-19(2)3/h8-9,12H,4-7,10H2,1-3H3,(H3,16,17). The number of hydrogen-bond acceptors (Lipinski definition) is 4. The van der Waals surface area contributed by atoms with Crippen molar-refractivity contribution in [3.8, 4) is 0 Å². The van der Waals surface area contributed by atoms with Gasteiger partial charge in [0.2, 0.25) is 0 Å². The van der Waals surface area contributed by atoms with Crippen molar-refractivity contribution < 1.29 is 0 Å². The van der Waals surface area contributed by atoms with E-state index in [1.54, 1.807) is 0 Å². The van der Waals surface area contributed by atoms with Crippen LogP contribution in [0.1, 0.15) is 24.1 Å². The Morgan fingerprint density at radius 2 is 2.05 bits per heavy atom. The summed E-state index contributed by atoms with van der Waals surface area (Å²) in [5.74, 6) is 1.84. The number of amidine groups is 1. The molecule has 0 aliphatic carbocycles. The van der Waals surface area contributed by atoms with Gasteiger partial charge < -0.3 is 15.5 Å². The van der Waals surface area contributed by atoms with E-state index in [1.165, 1.54) is 12.8 Å². The monoisotopic (exact) mass is 275 g/mol. The summed E-state index contributed by atoms with van der Waals surface area (Å²) < 4.78 is 0. The van der Waals surface area contributed by atoms with Gasteiger partial charge in [-0.1, -0.05) is 0 Å². The van der Waals surface area contributed by atoms with Crippen molar-refractivity contribution in [3.63, 3.8) is 0 Å². The maximum Gasteiger partial charge on any atom is 0.129 e. The van der Waals surface area contributed by atoms with Crippen LogP contribution in [-0.2, 0) is 0 Å². The zero-order chi connectivity index (χ0) is 14.7. The molecular formula is C15H25N5. The third-order valence-corrected chi connectivity index (χ3v) is 3.81. The minimum Gasteiger partial charge on any atom is -0.384 e. The number of piperidine rings is 1. The average Bonchev–Trinajstić information content (AvgIpc) is 2.38. The van der Waals surface area contributed by atoms with Gasteiger partial charge in [0.25, 0.3) is 0 Å². The summed E-state index contributed by atoms with van der Waals surface area (Å²) in [4.78, 5) is 9.16. The van der Waals surface area contributed by atoms with Gasteiger partial charge in [0.15, 0.2) is 0 Å². The highest BCUT2D eigenvalue weighted by molar-refractivity contribution is 5.95. The van der Waals surface area contributed by atoms with Crippen LogP contribution >= 0.6 is 0 Å². The fourth-order valence-corrected chi connectivity index (χ4v) is 2.83. The molecule has 0 bridgehead atoms. The molecule has 3 N–H and O–H groups in total. The van der Waals surface area contributed by atoms with Crippen molar-refractivity contribution in [2.75, 3.05) is 38.6 Å². The molecule has 20 heavy (non-hydrogen) atoms. The van der Waals surface area contributed by atoms with Crippen molar-refractivity contribution in [1.82, 2.24) is 9.88 Å². The molecule has 1 aromatic heterocycles. The molecule has 0 amide bonds. The molecule has 1 aliphatic rings. The molecule has 0 aromatic carbocycles. The molecule has 1 fully saturated rings. The van der Waals surface area contributed by atoms with Gasteiger partial charge in [0.05, 0.1) is 0 Å². The summed E-state index contributed by atoms with van der Waals surface area (Å²) in [6.45, 7) is 5.18. The Bertz CT molecular complexity index is 475. The van der Waals surface area contributed by atoms with Crippen LogP contribution in [0.25, 0.3) is 0 Å². The van der Waals surface area contributed by atoms with Gasteiger partial charge in [-0.15, -0.1) is 0 Å². The number of rotatable bonds is 4. The fraction of sp³-hybridized carbons (Fsp3) is 0.600. The van der Waals surface area contributed by atoms with E-state index >= 15 is 0 Å². The highest BCUT2D eigenvalue weighted by Crippen LogP contribution is 2.23. The Kier molecular flexibility index (Phi) is 4.60. The number of pyridine rings is 1. The summed E-state index contributed by atoms with van der Waals surface area (Å²) >= 11 is 0. The minimum absolute atomic E-state index is 0.110. The van der Waals surface area contributed by atoms with Crippen LogP contribution in [0.2, 0.25) is 0 Å². The van der Waals surface area contributed by atoms with E-state index < -0.39 is 0 Å². The molecule has 0 unspecified atom stereocenters. The summed E-state index contributed by atoms with van der Waals surface area (Å²) in [7, 11) is 4.27. The van der Waals surface area contributed by atoms with Gasteiger partial charge in [0.1, 0.15) is 11.7 Å². The van der Waals surface area contributed by atoms with Crippen LogP contribution in [0.3, 0.4) is 0 Å². The first-order valence-corrected chi connectivity index (χ1v) is 7.18. The van der Waals surface area contributed by atoms with Gasteiger partial charge in [0, 0.05) is 30.9 Å². The van der Waals surface area contributed by atoms with Crippen LogP contribution in [0.5, 0.6) is 0 Å². The number of nitrogens with two attached hydrogens (primary N) is 1. The molecule has 110 valence electrons. The third kappa shape index (κ3) is 3.70. The van der Waals surface area contributed by atoms with Crippen LogP contribution in [-0.4, -0.2) is 49.4 Å². The molecular weight excluding hydrogens is 250 g/mol. The molecule has 1 aromatic rings. The molecule has 2 rings (SSSR count). The number of aromatic nitrogens is 1. The maximum atomic E-state index is 7.58. The predicted molar refractivity (Wildman–Crippen MR) is 83.5 cm³/mol. The van der Waals surface area contributed by atoms with Crippen LogP contribution in [0.4, 0.5) is 5.82 Å². The lowest BCUT2D eigenvalue weighted by atomic mass is 9.96. The maximum absolute atomic E-state index is 7.58. The third-order valence-electron chi connectivity index (χ3n) is 3.81. The van der Waals surface area contributed by atoms with Gasteiger partial charge in [-0.2, -0.15) is 0 Å². The van der Waals surface area contributed by atoms with E-state index in [9.17, 15) is 0 Å². The van der Waals surface area contributed by atoms with Crippen LogP contribution in [0.15, 0.2) is 12.1 Å². The van der Waals surface area contributed by atoms with Gasteiger partial charge >= 0.3 is 0 Å². The van der Waals surface area contributed by atoms with Crippen molar-refractivity contribution in [3.05, 3.63) is 23.4 Å². The average molecular weight is 275 g/mol. The first-order valence-electron chi connectivity index (χ1n) is 7.18. The highest BCUT2D eigenvalue weighted by Gasteiger charge is 2.21. The summed E-state index contributed by atoms with van der Waals surface area (Å²) in [5.41, 5.74) is 7.28. The Hall–Kier alpha value is -1.62. The van der Waals surface area contributed by atoms with Gasteiger partial charge in [-0.3, -0.25) is 5.41 Å². The predicted octanol–water partition coefficient (Wildman–Crippen LogP) is 1.45. The summed E-state index contributed by atoms with van der Waals surface area (Å²) in [5, 5.41) is 7.58. The zero-order valence-corrected chi connectivity index (χ0v) is 12.7. The van der Waals surface area contributed by atoms with E-state index in [4.69, 9.17) is 11.1 Å². The van der Waals surface area contributed by atoms with E-state index in [0.29, 0.717) is 0 Å². The van der Waals surface area contributed by atoms with E-state index in [0.717, 1.165) is 42.6 Å². The molecule has 5 heteroatoms. The smallest absolute Gasteiger partial charge is 0.129 e. The first kappa shape index (κ1) is 14.8. The molecule has 1 saturated heterocycles. The minimum atomic E-state index is 0.110. The number of nitrogens with zero attached hydrogens (tertiary/aromatic N) is 3. The molecule has 0 spiro atoms. The van der Waals surface area contributed by atoms with Crippen LogP contribution in [0, 0.1) is 18.3 Å². The Morgan fingerprint density at radius 1 is 1.40 bits per heavy atom. The number of aryl methyl sites for hydroxylation is 1. The second-order valence-corrected chi connectivity index (χ2v) is 5.96. The normalized spacial score (nSPS) is 16.7. The Balaban J connectivity index is 2.05. The molecule has 0 radical (unpaired) electrons. The van der Waals surface area contributed by atoms with E-state index in [1.807, 2.05) is 19.1 Å². The van der Waals surface area contributed by atoms with Crippen LogP contribution < -0.4 is 10.6 Å². The fourth-order valence-electron chi connectivity index (χ4n) is 2.83. The largest absolute Gasteiger partial charge is 0.384 e. The first-order chi connectivity index (χ1) is 9.45. The quantitative estimate of drug-likeness (QED) is 0.644. The topological polar surface area (TPSA) is 69.2 Å². The van der Waals surface area contributed by atoms with Crippen molar-refractivity contribution in [2.45, 2.75) is 19.8 Å². The van der Waals surface area contributed by atoms with E-state index in [2.05, 4.69) is 28.9 Å². The summed E-state index contributed by atoms with van der Waals surface area (Å²) in [6, 6.07) is 3.80. The van der Waals surface area contributed by atoms with Crippen molar-refractivity contribution in [2.24, 2.45) is 11.7 Å². The lowest BCUT2D eigenvalue weighted by molar-refractivity contribution is 0.284. The number of nitrogens with one attached hydrogen (secondary N) is 1. The molecule has 0 atom stereocenters. The van der Waals surface area contributed by atoms with Gasteiger partial charge in [-0.05, 0) is 51.9 Å². The SMILES string of the molecule is Cc1cc(C(=N)N)cc(N2CCC(CN(C)C)CC2)n1. The lowest BCUT2D eigenvalue weighted by Gasteiger charge is -2.34. The lowest BCUT2D eigenvalue weighted by Crippen LogP contribution is -2.37. The second kappa shape index (κ2) is 6.22. The van der Waals surface area contributed by atoms with E-state index in [-0.39, 0.29) is 5.84 Å². The zero-order valence-electron chi connectivity index (χ0n) is 12.7. The molecule has 0 saturated carbocycles. The van der Waals surface area contributed by atoms with Crippen molar-refractivity contribution >= 4 is 11.7 Å². The highest BCUT2D eigenvalue weighted by atomic mass is 15.2. The second-order valence-electron chi connectivity index (χ2n) is 5.96. The molecule has 2 heterocycles. The number of nitrogen functional groups attached to an aromatic ring is 1. The van der Waals surface area contributed by atoms with Gasteiger partial charge in [-0.25, -0.2) is 4.98 Å².